The lowest BCUT2D eigenvalue weighted by Gasteiger charge is -2.19. The van der Waals surface area contributed by atoms with Crippen LogP contribution in [-0.2, 0) is 32.6 Å². The first-order chi connectivity index (χ1) is 13.3. The highest BCUT2D eigenvalue weighted by molar-refractivity contribution is 5.15. The summed E-state index contributed by atoms with van der Waals surface area (Å²) in [4.78, 5) is 12.3. The van der Waals surface area contributed by atoms with Crippen molar-refractivity contribution in [2.24, 2.45) is 0 Å². The van der Waals surface area contributed by atoms with E-state index in [0.717, 1.165) is 63.6 Å². The molecular weight excluding hydrogens is 336 g/mol. The number of H-pyrrole nitrogens is 1. The monoisotopic (exact) mass is 364 g/mol. The normalized spacial score (nSPS) is 15.0. The molecule has 0 unspecified atom stereocenters. The molecule has 0 radical (unpaired) electrons. The van der Waals surface area contributed by atoms with Crippen LogP contribution in [0.1, 0.15) is 29.2 Å². The van der Waals surface area contributed by atoms with E-state index in [1.807, 2.05) is 6.20 Å². The molecule has 1 aromatic carbocycles. The lowest BCUT2D eigenvalue weighted by molar-refractivity contribution is 0.272. The minimum absolute atomic E-state index is 0.804. The molecule has 6 heteroatoms. The number of rotatable bonds is 7. The van der Waals surface area contributed by atoms with Crippen LogP contribution >= 0.6 is 0 Å². The van der Waals surface area contributed by atoms with Gasteiger partial charge in [-0.25, -0.2) is 4.98 Å². The third kappa shape index (κ3) is 4.84. The molecular formula is C21H28N6. The van der Waals surface area contributed by atoms with Crippen molar-refractivity contribution in [3.8, 4) is 0 Å². The van der Waals surface area contributed by atoms with Crippen molar-refractivity contribution in [2.45, 2.75) is 39.0 Å². The molecule has 0 amide bonds. The smallest absolute Gasteiger partial charge is 0.120 e. The van der Waals surface area contributed by atoms with Crippen LogP contribution in [0.25, 0.3) is 0 Å². The summed E-state index contributed by atoms with van der Waals surface area (Å²) >= 11 is 0. The minimum atomic E-state index is 0.804. The zero-order chi connectivity index (χ0) is 18.5. The number of aryl methyl sites for hydroxylation is 1. The Morgan fingerprint density at radius 3 is 2.85 bits per heavy atom. The van der Waals surface area contributed by atoms with Gasteiger partial charge in [-0.15, -0.1) is 0 Å². The highest BCUT2D eigenvalue weighted by Gasteiger charge is 2.17. The Bertz CT molecular complexity index is 824. The highest BCUT2D eigenvalue weighted by atomic mass is 15.3. The number of aromatic amines is 1. The van der Waals surface area contributed by atoms with Crippen LogP contribution < -0.4 is 0 Å². The van der Waals surface area contributed by atoms with E-state index in [-0.39, 0.29) is 0 Å². The Balaban J connectivity index is 1.35. The van der Waals surface area contributed by atoms with Gasteiger partial charge in [-0.05, 0) is 31.5 Å². The van der Waals surface area contributed by atoms with Gasteiger partial charge in [-0.1, -0.05) is 30.3 Å². The van der Waals surface area contributed by atoms with Crippen molar-refractivity contribution in [3.05, 3.63) is 71.6 Å². The van der Waals surface area contributed by atoms with E-state index in [9.17, 15) is 0 Å². The Morgan fingerprint density at radius 2 is 2.04 bits per heavy atom. The van der Waals surface area contributed by atoms with E-state index < -0.39 is 0 Å². The number of hydrogen-bond donors (Lipinski definition) is 1. The van der Waals surface area contributed by atoms with Gasteiger partial charge in [-0.3, -0.25) is 14.5 Å². The zero-order valence-corrected chi connectivity index (χ0v) is 16.0. The lowest BCUT2D eigenvalue weighted by Crippen LogP contribution is -2.25. The summed E-state index contributed by atoms with van der Waals surface area (Å²) in [6.07, 6.45) is 5.93. The molecule has 0 aliphatic carbocycles. The minimum Gasteiger partial charge on any atom is -0.348 e. The zero-order valence-electron chi connectivity index (χ0n) is 16.0. The van der Waals surface area contributed by atoms with Gasteiger partial charge in [0.15, 0.2) is 0 Å². The molecule has 4 rings (SSSR count). The van der Waals surface area contributed by atoms with Crippen molar-refractivity contribution in [1.29, 1.82) is 0 Å². The molecule has 1 N–H and O–H groups in total. The average molecular weight is 364 g/mol. The second-order valence-electron chi connectivity index (χ2n) is 7.42. The molecule has 0 fully saturated rings. The molecule has 27 heavy (non-hydrogen) atoms. The van der Waals surface area contributed by atoms with Gasteiger partial charge in [0.1, 0.15) is 5.82 Å². The molecule has 0 saturated heterocycles. The maximum atomic E-state index is 4.85. The number of nitrogens with one attached hydrogen (secondary N) is 1. The van der Waals surface area contributed by atoms with E-state index in [1.165, 1.54) is 11.3 Å². The first-order valence-electron chi connectivity index (χ1n) is 9.75. The van der Waals surface area contributed by atoms with E-state index in [4.69, 9.17) is 5.10 Å². The molecule has 2 aromatic heterocycles. The van der Waals surface area contributed by atoms with Crippen LogP contribution in [0.4, 0.5) is 0 Å². The first kappa shape index (κ1) is 17.9. The Labute approximate surface area is 160 Å². The Hall–Kier alpha value is -2.44. The number of imidazole rings is 1. The van der Waals surface area contributed by atoms with Gasteiger partial charge in [0.25, 0.3) is 0 Å². The standard InChI is InChI=1S/C21H28N6/c1-25(17-21-22-9-10-23-21)15-19-14-20-16-26(11-5-12-27(20)24-19)13-8-18-6-3-2-4-7-18/h2-4,6-7,9-10,14H,5,8,11-13,15-17H2,1H3,(H,22,23). The fourth-order valence-corrected chi connectivity index (χ4v) is 3.76. The van der Waals surface area contributed by atoms with Gasteiger partial charge in [0, 0.05) is 45.1 Å². The molecule has 3 heterocycles. The largest absolute Gasteiger partial charge is 0.348 e. The number of fused-ring (bicyclic) bond motifs is 1. The molecule has 3 aromatic rings. The van der Waals surface area contributed by atoms with Crippen LogP contribution in [-0.4, -0.2) is 49.7 Å². The van der Waals surface area contributed by atoms with Crippen LogP contribution in [0.3, 0.4) is 0 Å². The van der Waals surface area contributed by atoms with Gasteiger partial charge in [0.05, 0.1) is 17.9 Å². The van der Waals surface area contributed by atoms with Crippen molar-refractivity contribution >= 4 is 0 Å². The topological polar surface area (TPSA) is 53.0 Å². The maximum absolute atomic E-state index is 4.85. The number of nitrogens with zero attached hydrogens (tertiary/aromatic N) is 5. The van der Waals surface area contributed by atoms with Crippen molar-refractivity contribution in [1.82, 2.24) is 29.5 Å². The summed E-state index contributed by atoms with van der Waals surface area (Å²) in [5.74, 6) is 0.991. The van der Waals surface area contributed by atoms with Crippen LogP contribution in [0, 0.1) is 0 Å². The van der Waals surface area contributed by atoms with E-state index >= 15 is 0 Å². The summed E-state index contributed by atoms with van der Waals surface area (Å²) in [5.41, 5.74) is 3.89. The molecule has 1 aliphatic rings. The molecule has 0 bridgehead atoms. The Morgan fingerprint density at radius 1 is 1.15 bits per heavy atom. The van der Waals surface area contributed by atoms with Crippen molar-refractivity contribution in [3.63, 3.8) is 0 Å². The maximum Gasteiger partial charge on any atom is 0.120 e. The van der Waals surface area contributed by atoms with E-state index in [1.54, 1.807) is 6.20 Å². The van der Waals surface area contributed by atoms with E-state index in [0.29, 0.717) is 0 Å². The fraction of sp³-hybridized carbons (Fsp3) is 0.429. The molecule has 6 nitrogen and oxygen atoms in total. The second-order valence-corrected chi connectivity index (χ2v) is 7.42. The molecule has 0 saturated carbocycles. The van der Waals surface area contributed by atoms with Gasteiger partial charge in [0.2, 0.25) is 0 Å². The van der Waals surface area contributed by atoms with Gasteiger partial charge in [-0.2, -0.15) is 5.10 Å². The van der Waals surface area contributed by atoms with Gasteiger partial charge < -0.3 is 4.98 Å². The SMILES string of the molecule is CN(Cc1cc2n(n1)CCCN(CCc1ccccc1)C2)Cc1ncc[nH]1. The molecule has 0 atom stereocenters. The summed E-state index contributed by atoms with van der Waals surface area (Å²) in [6.45, 7) is 5.89. The number of benzene rings is 1. The molecule has 142 valence electrons. The summed E-state index contributed by atoms with van der Waals surface area (Å²) < 4.78 is 2.21. The highest BCUT2D eigenvalue weighted by Crippen LogP contribution is 2.16. The first-order valence-corrected chi connectivity index (χ1v) is 9.75. The van der Waals surface area contributed by atoms with Crippen LogP contribution in [0.15, 0.2) is 48.8 Å². The second kappa shape index (κ2) is 8.50. The quantitative estimate of drug-likeness (QED) is 0.700. The van der Waals surface area contributed by atoms with Gasteiger partial charge >= 0.3 is 0 Å². The van der Waals surface area contributed by atoms with Crippen molar-refractivity contribution in [2.75, 3.05) is 20.1 Å². The third-order valence-electron chi connectivity index (χ3n) is 5.11. The van der Waals surface area contributed by atoms with Crippen molar-refractivity contribution < 1.29 is 0 Å². The van der Waals surface area contributed by atoms with E-state index in [2.05, 4.69) is 67.9 Å². The predicted octanol–water partition coefficient (Wildman–Crippen LogP) is 2.69. The number of hydrogen-bond acceptors (Lipinski definition) is 4. The predicted molar refractivity (Wildman–Crippen MR) is 106 cm³/mol. The lowest BCUT2D eigenvalue weighted by atomic mass is 10.1. The average Bonchev–Trinajstić information content (AvgIpc) is 3.26. The summed E-state index contributed by atoms with van der Waals surface area (Å²) in [7, 11) is 2.11. The van der Waals surface area contributed by atoms with Crippen LogP contribution in [0.2, 0.25) is 0 Å². The number of aromatic nitrogens is 4. The third-order valence-corrected chi connectivity index (χ3v) is 5.11. The summed E-state index contributed by atoms with van der Waals surface area (Å²) in [5, 5.41) is 4.85. The fourth-order valence-electron chi connectivity index (χ4n) is 3.76. The Kier molecular flexibility index (Phi) is 5.65. The molecule has 1 aliphatic heterocycles. The molecule has 0 spiro atoms. The summed E-state index contributed by atoms with van der Waals surface area (Å²) in [6, 6.07) is 13.0. The van der Waals surface area contributed by atoms with Crippen LogP contribution in [0.5, 0.6) is 0 Å².